The van der Waals surface area contributed by atoms with Gasteiger partial charge in [0.1, 0.15) is 0 Å². The molecule has 0 fully saturated rings. The zero-order valence-corrected chi connectivity index (χ0v) is 11.8. The predicted molar refractivity (Wildman–Crippen MR) is 76.5 cm³/mol. The molecule has 1 atom stereocenters. The van der Waals surface area contributed by atoms with E-state index in [9.17, 15) is 4.79 Å². The van der Waals surface area contributed by atoms with Gasteiger partial charge in [-0.2, -0.15) is 0 Å². The van der Waals surface area contributed by atoms with Gasteiger partial charge in [-0.1, -0.05) is 37.6 Å². The van der Waals surface area contributed by atoms with Crippen molar-refractivity contribution in [2.75, 3.05) is 6.61 Å². The first-order valence-electron chi connectivity index (χ1n) is 6.86. The fraction of sp³-hybridized carbons (Fsp3) is 0.533. The molecule has 0 spiro atoms. The molecular formula is C15H24N2O2. The number of carbonyl (C=O) groups is 1. The van der Waals surface area contributed by atoms with Crippen molar-refractivity contribution in [3.05, 3.63) is 35.4 Å². The van der Waals surface area contributed by atoms with E-state index in [1.54, 1.807) is 0 Å². The molecule has 106 valence electrons. The van der Waals surface area contributed by atoms with Gasteiger partial charge in [-0.05, 0) is 24.5 Å². The fourth-order valence-electron chi connectivity index (χ4n) is 1.84. The average Bonchev–Trinajstić information content (AvgIpc) is 2.43. The second-order valence-electron chi connectivity index (χ2n) is 4.52. The van der Waals surface area contributed by atoms with Crippen molar-refractivity contribution in [1.82, 2.24) is 5.32 Å². The maximum absolute atomic E-state index is 11.8. The number of nitrogens with two attached hydrogens (primary N) is 1. The van der Waals surface area contributed by atoms with Crippen LogP contribution >= 0.6 is 0 Å². The number of amides is 1. The van der Waals surface area contributed by atoms with Crippen LogP contribution in [-0.4, -0.2) is 18.6 Å². The fourth-order valence-corrected chi connectivity index (χ4v) is 1.84. The lowest BCUT2D eigenvalue weighted by Gasteiger charge is -2.13. The topological polar surface area (TPSA) is 64.4 Å². The van der Waals surface area contributed by atoms with Crippen molar-refractivity contribution in [2.45, 2.75) is 45.9 Å². The summed E-state index contributed by atoms with van der Waals surface area (Å²) >= 11 is 0. The number of rotatable bonds is 8. The van der Waals surface area contributed by atoms with E-state index in [-0.39, 0.29) is 5.91 Å². The standard InChI is InChI=1S/C15H24N2O2/c1-3-7-14(16)15(18)17-10-12-8-5-6-9-13(12)11-19-4-2/h5-6,8-9,14H,3-4,7,10-11,16H2,1-2H3,(H,17,18)/t14-/m1/s1. The molecule has 0 saturated heterocycles. The lowest BCUT2D eigenvalue weighted by molar-refractivity contribution is -0.122. The third kappa shape index (κ3) is 5.41. The van der Waals surface area contributed by atoms with E-state index in [1.165, 1.54) is 0 Å². The number of carbonyl (C=O) groups excluding carboxylic acids is 1. The highest BCUT2D eigenvalue weighted by Crippen LogP contribution is 2.10. The first kappa shape index (κ1) is 15.7. The minimum atomic E-state index is -0.413. The third-order valence-corrected chi connectivity index (χ3v) is 2.97. The van der Waals surface area contributed by atoms with Gasteiger partial charge in [0.15, 0.2) is 0 Å². The Kier molecular flexibility index (Phi) is 7.15. The van der Waals surface area contributed by atoms with Gasteiger partial charge in [0.05, 0.1) is 12.6 Å². The van der Waals surface area contributed by atoms with Gasteiger partial charge in [0, 0.05) is 13.2 Å². The van der Waals surface area contributed by atoms with Crippen LogP contribution in [0.4, 0.5) is 0 Å². The number of benzene rings is 1. The van der Waals surface area contributed by atoms with Crippen molar-refractivity contribution < 1.29 is 9.53 Å². The van der Waals surface area contributed by atoms with Gasteiger partial charge in [0.25, 0.3) is 0 Å². The Morgan fingerprint density at radius 3 is 2.63 bits per heavy atom. The maximum atomic E-state index is 11.8. The van der Waals surface area contributed by atoms with Gasteiger partial charge in [-0.3, -0.25) is 4.79 Å². The summed E-state index contributed by atoms with van der Waals surface area (Å²) in [6, 6.07) is 7.54. The van der Waals surface area contributed by atoms with Crippen LogP contribution in [0, 0.1) is 0 Å². The monoisotopic (exact) mass is 264 g/mol. The van der Waals surface area contributed by atoms with Gasteiger partial charge in [-0.15, -0.1) is 0 Å². The quantitative estimate of drug-likeness (QED) is 0.754. The summed E-state index contributed by atoms with van der Waals surface area (Å²) in [6.07, 6.45) is 1.63. The summed E-state index contributed by atoms with van der Waals surface area (Å²) in [4.78, 5) is 11.8. The molecule has 0 radical (unpaired) electrons. The molecule has 0 heterocycles. The Labute approximate surface area is 115 Å². The molecule has 0 unspecified atom stereocenters. The van der Waals surface area contributed by atoms with Crippen molar-refractivity contribution in [3.8, 4) is 0 Å². The van der Waals surface area contributed by atoms with E-state index in [0.29, 0.717) is 26.2 Å². The van der Waals surface area contributed by atoms with E-state index in [0.717, 1.165) is 17.5 Å². The minimum absolute atomic E-state index is 0.0898. The average molecular weight is 264 g/mol. The molecule has 0 aliphatic rings. The summed E-state index contributed by atoms with van der Waals surface area (Å²) in [5.74, 6) is -0.0898. The molecule has 1 amide bonds. The van der Waals surface area contributed by atoms with Crippen LogP contribution < -0.4 is 11.1 Å². The Hall–Kier alpha value is -1.39. The summed E-state index contributed by atoms with van der Waals surface area (Å²) < 4.78 is 5.42. The second kappa shape index (κ2) is 8.67. The molecule has 0 bridgehead atoms. The van der Waals surface area contributed by atoms with E-state index in [4.69, 9.17) is 10.5 Å². The SMILES string of the molecule is CCC[C@@H](N)C(=O)NCc1ccccc1COCC. The Balaban J connectivity index is 2.54. The predicted octanol–water partition coefficient (Wildman–Crippen LogP) is 1.97. The van der Waals surface area contributed by atoms with Crippen molar-refractivity contribution in [3.63, 3.8) is 0 Å². The molecule has 0 aromatic heterocycles. The van der Waals surface area contributed by atoms with E-state index < -0.39 is 6.04 Å². The number of hydrogen-bond donors (Lipinski definition) is 2. The molecule has 1 aromatic carbocycles. The Morgan fingerprint density at radius 2 is 2.00 bits per heavy atom. The zero-order valence-electron chi connectivity index (χ0n) is 11.8. The summed E-state index contributed by atoms with van der Waals surface area (Å²) in [6.45, 7) is 5.74. The Bertz CT molecular complexity index is 393. The van der Waals surface area contributed by atoms with Crippen LogP contribution in [-0.2, 0) is 22.7 Å². The molecular weight excluding hydrogens is 240 g/mol. The van der Waals surface area contributed by atoms with Crippen molar-refractivity contribution in [1.29, 1.82) is 0 Å². The number of hydrogen-bond acceptors (Lipinski definition) is 3. The van der Waals surface area contributed by atoms with Gasteiger partial charge in [-0.25, -0.2) is 0 Å². The molecule has 3 N–H and O–H groups in total. The maximum Gasteiger partial charge on any atom is 0.237 e. The first-order chi connectivity index (χ1) is 9.19. The lowest BCUT2D eigenvalue weighted by Crippen LogP contribution is -2.40. The Morgan fingerprint density at radius 1 is 1.32 bits per heavy atom. The van der Waals surface area contributed by atoms with Crippen molar-refractivity contribution >= 4 is 5.91 Å². The highest BCUT2D eigenvalue weighted by molar-refractivity contribution is 5.81. The number of ether oxygens (including phenoxy) is 1. The minimum Gasteiger partial charge on any atom is -0.377 e. The van der Waals surface area contributed by atoms with E-state index in [2.05, 4.69) is 5.32 Å². The largest absolute Gasteiger partial charge is 0.377 e. The molecule has 1 aromatic rings. The smallest absolute Gasteiger partial charge is 0.237 e. The second-order valence-corrected chi connectivity index (χ2v) is 4.52. The third-order valence-electron chi connectivity index (χ3n) is 2.97. The highest BCUT2D eigenvalue weighted by Gasteiger charge is 2.12. The van der Waals surface area contributed by atoms with Crippen LogP contribution in [0.25, 0.3) is 0 Å². The molecule has 4 nitrogen and oxygen atoms in total. The molecule has 4 heteroatoms. The number of nitrogens with one attached hydrogen (secondary N) is 1. The first-order valence-corrected chi connectivity index (χ1v) is 6.86. The summed E-state index contributed by atoms with van der Waals surface area (Å²) in [7, 11) is 0. The molecule has 1 rings (SSSR count). The molecule has 0 aliphatic carbocycles. The molecule has 0 aliphatic heterocycles. The van der Waals surface area contributed by atoms with Gasteiger partial charge in [0.2, 0.25) is 5.91 Å². The van der Waals surface area contributed by atoms with Crippen LogP contribution in [0.2, 0.25) is 0 Å². The normalized spacial score (nSPS) is 12.2. The lowest BCUT2D eigenvalue weighted by atomic mass is 10.1. The van der Waals surface area contributed by atoms with Crippen LogP contribution in [0.1, 0.15) is 37.8 Å². The summed E-state index contributed by atoms with van der Waals surface area (Å²) in [5, 5.41) is 2.88. The van der Waals surface area contributed by atoms with Gasteiger partial charge < -0.3 is 15.8 Å². The highest BCUT2D eigenvalue weighted by atomic mass is 16.5. The molecule has 0 saturated carbocycles. The zero-order chi connectivity index (χ0) is 14.1. The summed E-state index contributed by atoms with van der Waals surface area (Å²) in [5.41, 5.74) is 7.96. The van der Waals surface area contributed by atoms with Crippen LogP contribution in [0.3, 0.4) is 0 Å². The van der Waals surface area contributed by atoms with E-state index >= 15 is 0 Å². The molecule has 19 heavy (non-hydrogen) atoms. The van der Waals surface area contributed by atoms with E-state index in [1.807, 2.05) is 38.1 Å². The van der Waals surface area contributed by atoms with Crippen molar-refractivity contribution in [2.24, 2.45) is 5.73 Å². The van der Waals surface area contributed by atoms with Gasteiger partial charge >= 0.3 is 0 Å². The van der Waals surface area contributed by atoms with Crippen LogP contribution in [0.5, 0.6) is 0 Å². The van der Waals surface area contributed by atoms with Crippen LogP contribution in [0.15, 0.2) is 24.3 Å².